The molecule has 1 aliphatic carbocycles. The van der Waals surface area contributed by atoms with Crippen LogP contribution >= 0.6 is 0 Å². The summed E-state index contributed by atoms with van der Waals surface area (Å²) in [6.45, 7) is 4.06. The first-order chi connectivity index (χ1) is 14.5. The first-order valence-electron chi connectivity index (χ1n) is 10.2. The molecule has 0 bridgehead atoms. The predicted molar refractivity (Wildman–Crippen MR) is 114 cm³/mol. The second kappa shape index (κ2) is 8.53. The molecular formula is C24H25N3O3. The van der Waals surface area contributed by atoms with E-state index in [1.807, 2.05) is 62.4 Å². The minimum absolute atomic E-state index is 0.153. The van der Waals surface area contributed by atoms with Gasteiger partial charge in [0.2, 0.25) is 5.91 Å². The smallest absolute Gasteiger partial charge is 0.274 e. The Balaban J connectivity index is 1.49. The quantitative estimate of drug-likeness (QED) is 0.632. The summed E-state index contributed by atoms with van der Waals surface area (Å²) in [6, 6.07) is 16.7. The van der Waals surface area contributed by atoms with Gasteiger partial charge < -0.3 is 15.2 Å². The van der Waals surface area contributed by atoms with Gasteiger partial charge in [-0.05, 0) is 49.4 Å². The lowest BCUT2D eigenvalue weighted by molar-refractivity contribution is -0.123. The van der Waals surface area contributed by atoms with Crippen LogP contribution in [0.1, 0.15) is 40.0 Å². The number of aromatic nitrogens is 1. The third-order valence-corrected chi connectivity index (χ3v) is 5.36. The van der Waals surface area contributed by atoms with Crippen molar-refractivity contribution in [3.8, 4) is 11.3 Å². The van der Waals surface area contributed by atoms with Crippen molar-refractivity contribution < 1.29 is 14.1 Å². The van der Waals surface area contributed by atoms with E-state index < -0.39 is 11.9 Å². The normalized spacial score (nSPS) is 14.2. The van der Waals surface area contributed by atoms with Gasteiger partial charge in [0.05, 0.1) is 0 Å². The molecule has 1 saturated carbocycles. The Hall–Kier alpha value is -3.41. The van der Waals surface area contributed by atoms with Gasteiger partial charge in [0.1, 0.15) is 6.04 Å². The van der Waals surface area contributed by atoms with Gasteiger partial charge in [0, 0.05) is 24.1 Å². The lowest BCUT2D eigenvalue weighted by atomic mass is 10.0. The summed E-state index contributed by atoms with van der Waals surface area (Å²) in [6.07, 6.45) is 2.38. The molecule has 1 atom stereocenters. The summed E-state index contributed by atoms with van der Waals surface area (Å²) < 4.78 is 5.39. The maximum Gasteiger partial charge on any atom is 0.274 e. The topological polar surface area (TPSA) is 84.2 Å². The molecule has 1 heterocycles. The van der Waals surface area contributed by atoms with Crippen molar-refractivity contribution in [3.05, 3.63) is 77.0 Å². The summed E-state index contributed by atoms with van der Waals surface area (Å²) in [5, 5.41) is 9.72. The average Bonchev–Trinajstić information content (AvgIpc) is 3.41. The highest BCUT2D eigenvalue weighted by atomic mass is 16.5. The van der Waals surface area contributed by atoms with Gasteiger partial charge in [-0.15, -0.1) is 0 Å². The molecule has 0 radical (unpaired) electrons. The molecule has 1 aromatic heterocycles. The molecule has 2 amide bonds. The highest BCUT2D eigenvalue weighted by Gasteiger charge is 2.29. The molecular weight excluding hydrogens is 378 g/mol. The molecule has 0 unspecified atom stereocenters. The van der Waals surface area contributed by atoms with Crippen LogP contribution in [0.2, 0.25) is 0 Å². The zero-order valence-electron chi connectivity index (χ0n) is 17.1. The predicted octanol–water partition coefficient (Wildman–Crippen LogP) is 3.58. The van der Waals surface area contributed by atoms with E-state index in [1.165, 1.54) is 5.56 Å². The van der Waals surface area contributed by atoms with Gasteiger partial charge in [0.25, 0.3) is 5.91 Å². The van der Waals surface area contributed by atoms with Crippen molar-refractivity contribution in [2.24, 2.45) is 0 Å². The number of hydrogen-bond donors (Lipinski definition) is 2. The van der Waals surface area contributed by atoms with Crippen LogP contribution in [0.3, 0.4) is 0 Å². The molecule has 3 aromatic rings. The minimum atomic E-state index is -0.678. The number of aryl methyl sites for hydroxylation is 2. The van der Waals surface area contributed by atoms with Crippen molar-refractivity contribution in [1.29, 1.82) is 0 Å². The fourth-order valence-electron chi connectivity index (χ4n) is 3.23. The van der Waals surface area contributed by atoms with E-state index in [0.717, 1.165) is 29.5 Å². The zero-order valence-corrected chi connectivity index (χ0v) is 17.1. The summed E-state index contributed by atoms with van der Waals surface area (Å²) in [5.74, 6) is -0.0846. The molecule has 0 saturated heterocycles. The van der Waals surface area contributed by atoms with Gasteiger partial charge >= 0.3 is 0 Å². The number of amides is 2. The van der Waals surface area contributed by atoms with Crippen LogP contribution < -0.4 is 10.6 Å². The summed E-state index contributed by atoms with van der Waals surface area (Å²) >= 11 is 0. The number of hydrogen-bond acceptors (Lipinski definition) is 4. The lowest BCUT2D eigenvalue weighted by Crippen LogP contribution is -2.48. The van der Waals surface area contributed by atoms with E-state index in [-0.39, 0.29) is 17.6 Å². The van der Waals surface area contributed by atoms with E-state index in [9.17, 15) is 9.59 Å². The zero-order chi connectivity index (χ0) is 21.1. The Kier molecular flexibility index (Phi) is 5.65. The van der Waals surface area contributed by atoms with Crippen LogP contribution in [0.5, 0.6) is 0 Å². The van der Waals surface area contributed by atoms with Crippen LogP contribution in [0.4, 0.5) is 0 Å². The molecule has 2 N–H and O–H groups in total. The number of nitrogens with zero attached hydrogens (tertiary/aromatic N) is 1. The van der Waals surface area contributed by atoms with E-state index in [0.29, 0.717) is 12.2 Å². The molecule has 1 aliphatic rings. The Labute approximate surface area is 175 Å². The first kappa shape index (κ1) is 19.9. The Morgan fingerprint density at radius 1 is 1.07 bits per heavy atom. The molecule has 154 valence electrons. The first-order valence-corrected chi connectivity index (χ1v) is 10.2. The Morgan fingerprint density at radius 2 is 1.83 bits per heavy atom. The molecule has 30 heavy (non-hydrogen) atoms. The third kappa shape index (κ3) is 4.76. The lowest BCUT2D eigenvalue weighted by Gasteiger charge is -2.18. The largest absolute Gasteiger partial charge is 0.355 e. The third-order valence-electron chi connectivity index (χ3n) is 5.36. The number of benzene rings is 2. The summed E-state index contributed by atoms with van der Waals surface area (Å²) in [5.41, 5.74) is 4.30. The Bertz CT molecular complexity index is 1050. The fraction of sp³-hybridized carbons (Fsp3) is 0.292. The molecule has 1 fully saturated rings. The molecule has 0 aliphatic heterocycles. The maximum atomic E-state index is 12.8. The van der Waals surface area contributed by atoms with Crippen LogP contribution in [-0.4, -0.2) is 29.1 Å². The summed E-state index contributed by atoms with van der Waals surface area (Å²) in [7, 11) is 0. The van der Waals surface area contributed by atoms with E-state index in [2.05, 4.69) is 15.8 Å². The van der Waals surface area contributed by atoms with Gasteiger partial charge in [-0.2, -0.15) is 0 Å². The van der Waals surface area contributed by atoms with E-state index in [4.69, 9.17) is 4.52 Å². The molecule has 2 aromatic carbocycles. The highest BCUT2D eigenvalue weighted by molar-refractivity contribution is 5.96. The van der Waals surface area contributed by atoms with Crippen molar-refractivity contribution in [1.82, 2.24) is 15.8 Å². The van der Waals surface area contributed by atoms with Gasteiger partial charge in [0.15, 0.2) is 11.5 Å². The minimum Gasteiger partial charge on any atom is -0.355 e. The molecule has 6 nitrogen and oxygen atoms in total. The standard InChI is InChI=1S/C24H25N3O3/c1-15-8-9-18(12-16(15)2)22-14-21(27-30-22)24(29)26-20(23(28)25-19-10-11-19)13-17-6-4-3-5-7-17/h3-9,12,14,19-20H,10-11,13H2,1-2H3,(H,25,28)(H,26,29)/t20-/m1/s1. The van der Waals surface area contributed by atoms with E-state index >= 15 is 0 Å². The molecule has 6 heteroatoms. The SMILES string of the molecule is Cc1ccc(-c2cc(C(=O)N[C@H](Cc3ccccc3)C(=O)NC3CC3)no2)cc1C. The van der Waals surface area contributed by atoms with E-state index in [1.54, 1.807) is 6.07 Å². The number of rotatable bonds is 7. The second-order valence-electron chi connectivity index (χ2n) is 7.87. The Morgan fingerprint density at radius 3 is 2.53 bits per heavy atom. The van der Waals surface area contributed by atoms with Gasteiger partial charge in [-0.3, -0.25) is 9.59 Å². The second-order valence-corrected chi connectivity index (χ2v) is 7.87. The molecule has 0 spiro atoms. The van der Waals surface area contributed by atoms with Crippen LogP contribution in [-0.2, 0) is 11.2 Å². The number of nitrogens with one attached hydrogen (secondary N) is 2. The van der Waals surface area contributed by atoms with Crippen LogP contribution in [0.15, 0.2) is 59.1 Å². The fourth-order valence-corrected chi connectivity index (χ4v) is 3.23. The number of carbonyl (C=O) groups excluding carboxylic acids is 2. The monoisotopic (exact) mass is 403 g/mol. The summed E-state index contributed by atoms with van der Waals surface area (Å²) in [4.78, 5) is 25.5. The van der Waals surface area contributed by atoms with Crippen molar-refractivity contribution >= 4 is 11.8 Å². The number of carbonyl (C=O) groups is 2. The van der Waals surface area contributed by atoms with Crippen LogP contribution in [0.25, 0.3) is 11.3 Å². The maximum absolute atomic E-state index is 12.8. The van der Waals surface area contributed by atoms with Gasteiger partial charge in [-0.1, -0.05) is 47.6 Å². The van der Waals surface area contributed by atoms with Crippen molar-refractivity contribution in [2.45, 2.75) is 45.2 Å². The van der Waals surface area contributed by atoms with Crippen molar-refractivity contribution in [3.63, 3.8) is 0 Å². The molecule has 4 rings (SSSR count). The van der Waals surface area contributed by atoms with Crippen LogP contribution in [0, 0.1) is 13.8 Å². The van der Waals surface area contributed by atoms with Crippen molar-refractivity contribution in [2.75, 3.05) is 0 Å². The van der Waals surface area contributed by atoms with Gasteiger partial charge in [-0.25, -0.2) is 0 Å². The average molecular weight is 403 g/mol. The highest BCUT2D eigenvalue weighted by Crippen LogP contribution is 2.23.